The third kappa shape index (κ3) is 3.13. The highest BCUT2D eigenvalue weighted by Gasteiger charge is 2.08. The van der Waals surface area contributed by atoms with Gasteiger partial charge in [0.15, 0.2) is 0 Å². The molecule has 0 aliphatic carbocycles. The summed E-state index contributed by atoms with van der Waals surface area (Å²) in [6.45, 7) is 1.93. The van der Waals surface area contributed by atoms with Crippen LogP contribution in [-0.2, 0) is 16.0 Å². The highest BCUT2D eigenvalue weighted by Crippen LogP contribution is 2.23. The maximum atomic E-state index is 11.1. The van der Waals surface area contributed by atoms with Crippen molar-refractivity contribution < 1.29 is 9.53 Å². The first kappa shape index (κ1) is 12.7. The average molecular weight is 262 g/mol. The fourth-order valence-corrected chi connectivity index (χ4v) is 2.29. The fraction of sp³-hybridized carbons (Fsp3) is 0.308. The normalized spacial score (nSPS) is 10.3. The van der Waals surface area contributed by atoms with Crippen LogP contribution in [0.2, 0.25) is 0 Å². The van der Waals surface area contributed by atoms with Gasteiger partial charge in [0.25, 0.3) is 0 Å². The number of hydrogen-bond acceptors (Lipinski definition) is 5. The van der Waals surface area contributed by atoms with Gasteiger partial charge >= 0.3 is 5.97 Å². The van der Waals surface area contributed by atoms with Gasteiger partial charge in [0.2, 0.25) is 0 Å². The minimum atomic E-state index is -0.238. The topological polar surface area (TPSA) is 52.1 Å². The summed E-state index contributed by atoms with van der Waals surface area (Å²) in [7, 11) is 1.39. The van der Waals surface area contributed by atoms with Crippen LogP contribution in [0.1, 0.15) is 17.9 Å². The summed E-state index contributed by atoms with van der Waals surface area (Å²) in [6.07, 6.45) is 0.816. The van der Waals surface area contributed by atoms with Gasteiger partial charge in [-0.05, 0) is 24.4 Å². The first-order valence-electron chi connectivity index (χ1n) is 5.64. The summed E-state index contributed by atoms with van der Waals surface area (Å²) >= 11 is 1.64. The Hall–Kier alpha value is -1.75. The Labute approximate surface area is 110 Å². The molecule has 0 radical (unpaired) electrons. The van der Waals surface area contributed by atoms with E-state index in [1.54, 1.807) is 11.3 Å². The van der Waals surface area contributed by atoms with Crippen molar-refractivity contribution in [2.24, 2.45) is 0 Å². The van der Waals surface area contributed by atoms with Gasteiger partial charge in [0.05, 0.1) is 24.1 Å². The zero-order valence-electron chi connectivity index (χ0n) is 10.3. The van der Waals surface area contributed by atoms with Crippen LogP contribution in [0.25, 0.3) is 10.6 Å². The van der Waals surface area contributed by atoms with Crippen LogP contribution in [0.4, 0.5) is 0 Å². The van der Waals surface area contributed by atoms with Crippen LogP contribution >= 0.6 is 11.3 Å². The predicted octanol–water partition coefficient (Wildman–Crippen LogP) is 2.62. The molecule has 0 atom stereocenters. The molecule has 0 amide bonds. The lowest BCUT2D eigenvalue weighted by Gasteiger charge is -2.04. The standard InChI is InChI=1S/C13H14N2O2S/c1-9-8-10(11-4-3-7-18-11)15-12(14-9)5-6-13(16)17-2/h3-4,7-8H,5-6H2,1-2H3. The maximum Gasteiger partial charge on any atom is 0.305 e. The molecule has 4 nitrogen and oxygen atoms in total. The summed E-state index contributed by atoms with van der Waals surface area (Å²) in [5.74, 6) is 0.446. The largest absolute Gasteiger partial charge is 0.469 e. The molecule has 0 saturated heterocycles. The van der Waals surface area contributed by atoms with Crippen LogP contribution in [0.5, 0.6) is 0 Å². The molecule has 2 aromatic heterocycles. The number of aryl methyl sites for hydroxylation is 2. The van der Waals surface area contributed by atoms with Crippen LogP contribution in [-0.4, -0.2) is 23.0 Å². The Bertz CT molecular complexity index is 538. The van der Waals surface area contributed by atoms with E-state index in [0.717, 1.165) is 16.3 Å². The van der Waals surface area contributed by atoms with E-state index < -0.39 is 0 Å². The minimum Gasteiger partial charge on any atom is -0.469 e. The number of carbonyl (C=O) groups excluding carboxylic acids is 1. The second kappa shape index (κ2) is 5.73. The Kier molecular flexibility index (Phi) is 4.04. The van der Waals surface area contributed by atoms with Crippen molar-refractivity contribution in [3.8, 4) is 10.6 Å². The minimum absolute atomic E-state index is 0.238. The molecule has 0 bridgehead atoms. The SMILES string of the molecule is COC(=O)CCc1nc(C)cc(-c2cccs2)n1. The Morgan fingerprint density at radius 2 is 2.28 bits per heavy atom. The van der Waals surface area contributed by atoms with E-state index in [2.05, 4.69) is 14.7 Å². The molecule has 2 aromatic rings. The number of carbonyl (C=O) groups is 1. The van der Waals surface area contributed by atoms with Crippen molar-refractivity contribution >= 4 is 17.3 Å². The Morgan fingerprint density at radius 3 is 2.94 bits per heavy atom. The average Bonchev–Trinajstić information content (AvgIpc) is 2.89. The fourth-order valence-electron chi connectivity index (χ4n) is 1.61. The number of nitrogens with zero attached hydrogens (tertiary/aromatic N) is 2. The van der Waals surface area contributed by atoms with Gasteiger partial charge in [-0.1, -0.05) is 6.07 Å². The van der Waals surface area contributed by atoms with E-state index in [1.165, 1.54) is 7.11 Å². The van der Waals surface area contributed by atoms with Crippen LogP contribution in [0, 0.1) is 6.92 Å². The van der Waals surface area contributed by atoms with Crippen LogP contribution in [0.3, 0.4) is 0 Å². The van der Waals surface area contributed by atoms with Gasteiger partial charge < -0.3 is 4.74 Å². The summed E-state index contributed by atoms with van der Waals surface area (Å²) < 4.78 is 4.61. The van der Waals surface area contributed by atoms with Gasteiger partial charge in [0.1, 0.15) is 5.82 Å². The summed E-state index contributed by atoms with van der Waals surface area (Å²) in [5.41, 5.74) is 1.82. The van der Waals surface area contributed by atoms with Gasteiger partial charge in [-0.3, -0.25) is 4.79 Å². The van der Waals surface area contributed by atoms with Crippen molar-refractivity contribution in [1.29, 1.82) is 0 Å². The van der Waals surface area contributed by atoms with E-state index in [4.69, 9.17) is 0 Å². The predicted molar refractivity (Wildman–Crippen MR) is 70.4 cm³/mol. The zero-order valence-corrected chi connectivity index (χ0v) is 11.2. The number of methoxy groups -OCH3 is 1. The smallest absolute Gasteiger partial charge is 0.305 e. The third-order valence-corrected chi connectivity index (χ3v) is 3.35. The first-order chi connectivity index (χ1) is 8.69. The molecule has 18 heavy (non-hydrogen) atoms. The number of esters is 1. The van der Waals surface area contributed by atoms with Crippen molar-refractivity contribution in [3.05, 3.63) is 35.1 Å². The number of ether oxygens (including phenoxy) is 1. The second-order valence-electron chi connectivity index (χ2n) is 3.86. The molecule has 0 fully saturated rings. The molecule has 0 spiro atoms. The van der Waals surface area contributed by atoms with E-state index in [0.29, 0.717) is 18.7 Å². The lowest BCUT2D eigenvalue weighted by molar-refractivity contribution is -0.140. The second-order valence-corrected chi connectivity index (χ2v) is 4.81. The van der Waals surface area contributed by atoms with Crippen LogP contribution < -0.4 is 0 Å². The van der Waals surface area contributed by atoms with Crippen molar-refractivity contribution in [2.45, 2.75) is 19.8 Å². The first-order valence-corrected chi connectivity index (χ1v) is 6.52. The van der Waals surface area contributed by atoms with E-state index >= 15 is 0 Å². The van der Waals surface area contributed by atoms with Crippen LogP contribution in [0.15, 0.2) is 23.6 Å². The van der Waals surface area contributed by atoms with Gasteiger partial charge in [-0.2, -0.15) is 0 Å². The number of thiophene rings is 1. The summed E-state index contributed by atoms with van der Waals surface area (Å²) in [6, 6.07) is 5.97. The Morgan fingerprint density at radius 1 is 1.44 bits per heavy atom. The molecule has 0 aliphatic heterocycles. The third-order valence-electron chi connectivity index (χ3n) is 2.45. The van der Waals surface area contributed by atoms with E-state index in [9.17, 15) is 4.79 Å². The highest BCUT2D eigenvalue weighted by atomic mass is 32.1. The maximum absolute atomic E-state index is 11.1. The molecule has 0 unspecified atom stereocenters. The van der Waals surface area contributed by atoms with Crippen molar-refractivity contribution in [1.82, 2.24) is 9.97 Å². The van der Waals surface area contributed by atoms with E-state index in [1.807, 2.05) is 30.5 Å². The highest BCUT2D eigenvalue weighted by molar-refractivity contribution is 7.13. The van der Waals surface area contributed by atoms with Gasteiger partial charge in [-0.15, -0.1) is 11.3 Å². The van der Waals surface area contributed by atoms with Gasteiger partial charge in [0, 0.05) is 12.1 Å². The van der Waals surface area contributed by atoms with Crippen molar-refractivity contribution in [3.63, 3.8) is 0 Å². The van der Waals surface area contributed by atoms with E-state index in [-0.39, 0.29) is 5.97 Å². The number of rotatable bonds is 4. The molecular formula is C13H14N2O2S. The molecule has 0 N–H and O–H groups in total. The lowest BCUT2D eigenvalue weighted by Crippen LogP contribution is -2.05. The molecule has 0 aromatic carbocycles. The quantitative estimate of drug-likeness (QED) is 0.795. The Balaban J connectivity index is 2.19. The molecule has 0 aliphatic rings. The number of aromatic nitrogens is 2. The summed E-state index contributed by atoms with van der Waals surface area (Å²) in [4.78, 5) is 21.0. The summed E-state index contributed by atoms with van der Waals surface area (Å²) in [5, 5.41) is 2.01. The molecule has 94 valence electrons. The molecule has 0 saturated carbocycles. The zero-order chi connectivity index (χ0) is 13.0. The molecular weight excluding hydrogens is 248 g/mol. The van der Waals surface area contributed by atoms with Gasteiger partial charge in [-0.25, -0.2) is 9.97 Å². The molecule has 5 heteroatoms. The monoisotopic (exact) mass is 262 g/mol. The molecule has 2 heterocycles. The lowest BCUT2D eigenvalue weighted by atomic mass is 10.2. The molecule has 2 rings (SSSR count). The van der Waals surface area contributed by atoms with Crippen molar-refractivity contribution in [2.75, 3.05) is 7.11 Å². The number of hydrogen-bond donors (Lipinski definition) is 0.